The highest BCUT2D eigenvalue weighted by Crippen LogP contribution is 2.30. The molecule has 0 saturated carbocycles. The molecule has 2 rings (SSSR count). The molecule has 0 aliphatic carbocycles. The first-order valence-corrected chi connectivity index (χ1v) is 8.41. The molecular formula is C19H27Cl2N3O3. The number of nitrogens with zero attached hydrogens (tertiary/aromatic N) is 1. The molecule has 6 nitrogen and oxygen atoms in total. The molecule has 8 heteroatoms. The number of carbonyl (C=O) groups is 1. The van der Waals surface area contributed by atoms with Gasteiger partial charge in [0.2, 0.25) is 11.8 Å². The van der Waals surface area contributed by atoms with Gasteiger partial charge in [0, 0.05) is 31.3 Å². The lowest BCUT2D eigenvalue weighted by atomic mass is 10.1. The van der Waals surface area contributed by atoms with E-state index in [0.29, 0.717) is 37.1 Å². The Hall–Kier alpha value is -2.02. The van der Waals surface area contributed by atoms with Crippen LogP contribution in [0.2, 0.25) is 0 Å². The number of amides is 1. The summed E-state index contributed by atoms with van der Waals surface area (Å²) < 4.78 is 11.3. The molecule has 1 amide bonds. The number of halogens is 2. The van der Waals surface area contributed by atoms with Crippen molar-refractivity contribution in [1.82, 2.24) is 15.6 Å². The number of hydrogen-bond donors (Lipinski definition) is 2. The Bertz CT molecular complexity index is 684. The van der Waals surface area contributed by atoms with E-state index in [0.717, 1.165) is 5.56 Å². The van der Waals surface area contributed by atoms with Crippen LogP contribution in [0.3, 0.4) is 0 Å². The molecular weight excluding hydrogens is 389 g/mol. The molecule has 0 spiro atoms. The summed E-state index contributed by atoms with van der Waals surface area (Å²) in [5.41, 5.74) is 0.912. The van der Waals surface area contributed by atoms with Gasteiger partial charge in [-0.3, -0.25) is 4.79 Å². The van der Waals surface area contributed by atoms with Crippen molar-refractivity contribution in [3.63, 3.8) is 0 Å². The molecule has 2 aromatic rings. The predicted octanol–water partition coefficient (Wildman–Crippen LogP) is 3.59. The summed E-state index contributed by atoms with van der Waals surface area (Å²) in [4.78, 5) is 16.2. The molecule has 0 aliphatic heterocycles. The first-order valence-electron chi connectivity index (χ1n) is 8.41. The maximum atomic E-state index is 11.9. The molecule has 2 N–H and O–H groups in total. The Balaban J connectivity index is 0.00000338. The topological polar surface area (TPSA) is 72.5 Å². The molecule has 1 atom stereocenters. The number of benzene rings is 1. The second-order valence-corrected chi connectivity index (χ2v) is 5.66. The van der Waals surface area contributed by atoms with Crippen molar-refractivity contribution in [2.45, 2.75) is 20.4 Å². The van der Waals surface area contributed by atoms with Crippen molar-refractivity contribution >= 4 is 30.7 Å². The lowest BCUT2D eigenvalue weighted by Crippen LogP contribution is -2.33. The summed E-state index contributed by atoms with van der Waals surface area (Å²) in [5.74, 6) is 1.72. The van der Waals surface area contributed by atoms with Gasteiger partial charge in [-0.25, -0.2) is 4.98 Å². The third-order valence-electron chi connectivity index (χ3n) is 3.59. The molecule has 0 saturated heterocycles. The fourth-order valence-electron chi connectivity index (χ4n) is 2.26. The van der Waals surface area contributed by atoms with E-state index >= 15 is 0 Å². The summed E-state index contributed by atoms with van der Waals surface area (Å²) in [7, 11) is 1.83. The number of ether oxygens (including phenoxy) is 2. The maximum Gasteiger partial charge on any atom is 0.224 e. The van der Waals surface area contributed by atoms with Crippen LogP contribution in [0.5, 0.6) is 17.4 Å². The van der Waals surface area contributed by atoms with Crippen LogP contribution >= 0.6 is 24.8 Å². The van der Waals surface area contributed by atoms with Gasteiger partial charge in [-0.1, -0.05) is 25.1 Å². The smallest absolute Gasteiger partial charge is 0.224 e. The van der Waals surface area contributed by atoms with E-state index in [4.69, 9.17) is 9.47 Å². The Labute approximate surface area is 172 Å². The van der Waals surface area contributed by atoms with Gasteiger partial charge in [-0.2, -0.15) is 0 Å². The van der Waals surface area contributed by atoms with Gasteiger partial charge >= 0.3 is 0 Å². The second kappa shape index (κ2) is 13.2. The zero-order valence-electron chi connectivity index (χ0n) is 15.7. The summed E-state index contributed by atoms with van der Waals surface area (Å²) in [6.07, 6.45) is 1.70. The second-order valence-electron chi connectivity index (χ2n) is 5.66. The Morgan fingerprint density at radius 2 is 1.85 bits per heavy atom. The molecule has 0 aliphatic rings. The minimum atomic E-state index is -0.0735. The molecule has 1 aromatic heterocycles. The van der Waals surface area contributed by atoms with Crippen molar-refractivity contribution in [3.8, 4) is 17.4 Å². The Kier molecular flexibility index (Phi) is 12.2. The average Bonchev–Trinajstić information content (AvgIpc) is 2.63. The first kappa shape index (κ1) is 25.0. The SMILES string of the molecule is CCOc1ccccc1Oc1ccc(CNC(=O)C(C)CNC)cn1.Cl.Cl. The predicted molar refractivity (Wildman–Crippen MR) is 111 cm³/mol. The number of pyridine rings is 1. The highest BCUT2D eigenvalue weighted by molar-refractivity contribution is 5.85. The van der Waals surface area contributed by atoms with E-state index in [2.05, 4.69) is 15.6 Å². The average molecular weight is 416 g/mol. The Morgan fingerprint density at radius 1 is 1.15 bits per heavy atom. The van der Waals surface area contributed by atoms with Gasteiger partial charge in [-0.05, 0) is 31.7 Å². The standard InChI is InChI=1S/C19H25N3O3.2ClH/c1-4-24-16-7-5-6-8-17(16)25-18-10-9-15(12-21-18)13-22-19(23)14(2)11-20-3;;/h5-10,12,14,20H,4,11,13H2,1-3H3,(H,22,23);2*1H. The van der Waals surface area contributed by atoms with Crippen molar-refractivity contribution in [2.75, 3.05) is 20.2 Å². The highest BCUT2D eigenvalue weighted by Gasteiger charge is 2.11. The molecule has 1 heterocycles. The first-order chi connectivity index (χ1) is 12.1. The number of nitrogens with one attached hydrogen (secondary N) is 2. The van der Waals surface area contributed by atoms with Gasteiger partial charge in [0.15, 0.2) is 11.5 Å². The van der Waals surface area contributed by atoms with Crippen molar-refractivity contribution < 1.29 is 14.3 Å². The van der Waals surface area contributed by atoms with Crippen LogP contribution in [-0.2, 0) is 11.3 Å². The lowest BCUT2D eigenvalue weighted by molar-refractivity contribution is -0.124. The van der Waals surface area contributed by atoms with E-state index < -0.39 is 0 Å². The van der Waals surface area contributed by atoms with Crippen LogP contribution in [0.15, 0.2) is 42.6 Å². The molecule has 1 aromatic carbocycles. The van der Waals surface area contributed by atoms with Crippen LogP contribution in [-0.4, -0.2) is 31.1 Å². The molecule has 0 radical (unpaired) electrons. The van der Waals surface area contributed by atoms with Gasteiger partial charge in [0.1, 0.15) is 0 Å². The van der Waals surface area contributed by atoms with Gasteiger partial charge < -0.3 is 20.1 Å². The van der Waals surface area contributed by atoms with E-state index in [1.807, 2.05) is 51.2 Å². The normalized spacial score (nSPS) is 10.8. The minimum absolute atomic E-state index is 0. The van der Waals surface area contributed by atoms with Crippen molar-refractivity contribution in [1.29, 1.82) is 0 Å². The number of para-hydroxylation sites is 2. The van der Waals surface area contributed by atoms with Crippen LogP contribution in [0.25, 0.3) is 0 Å². The molecule has 1 unspecified atom stereocenters. The lowest BCUT2D eigenvalue weighted by Gasteiger charge is -2.12. The molecule has 150 valence electrons. The maximum absolute atomic E-state index is 11.9. The monoisotopic (exact) mass is 415 g/mol. The number of rotatable bonds is 9. The molecule has 0 bridgehead atoms. The van der Waals surface area contributed by atoms with Gasteiger partial charge in [0.05, 0.1) is 6.61 Å². The quantitative estimate of drug-likeness (QED) is 0.654. The Morgan fingerprint density at radius 3 is 2.44 bits per heavy atom. The van der Waals surface area contributed by atoms with Crippen LogP contribution in [0.4, 0.5) is 0 Å². The zero-order chi connectivity index (χ0) is 18.1. The number of carbonyl (C=O) groups excluding carboxylic acids is 1. The van der Waals surface area contributed by atoms with Crippen LogP contribution < -0.4 is 20.1 Å². The zero-order valence-corrected chi connectivity index (χ0v) is 17.4. The van der Waals surface area contributed by atoms with Crippen LogP contribution in [0.1, 0.15) is 19.4 Å². The van der Waals surface area contributed by atoms with Crippen molar-refractivity contribution in [3.05, 3.63) is 48.2 Å². The van der Waals surface area contributed by atoms with E-state index in [-0.39, 0.29) is 36.6 Å². The van der Waals surface area contributed by atoms with Crippen molar-refractivity contribution in [2.24, 2.45) is 5.92 Å². The van der Waals surface area contributed by atoms with E-state index in [1.54, 1.807) is 12.3 Å². The van der Waals surface area contributed by atoms with E-state index in [9.17, 15) is 4.79 Å². The number of hydrogen-bond acceptors (Lipinski definition) is 5. The summed E-state index contributed by atoms with van der Waals surface area (Å²) >= 11 is 0. The van der Waals surface area contributed by atoms with Gasteiger partial charge in [-0.15, -0.1) is 24.8 Å². The fraction of sp³-hybridized carbons (Fsp3) is 0.368. The number of aromatic nitrogens is 1. The van der Waals surface area contributed by atoms with Crippen LogP contribution in [0, 0.1) is 5.92 Å². The van der Waals surface area contributed by atoms with E-state index in [1.165, 1.54) is 0 Å². The third-order valence-corrected chi connectivity index (χ3v) is 3.59. The molecule has 0 fully saturated rings. The summed E-state index contributed by atoms with van der Waals surface area (Å²) in [6.45, 7) is 5.47. The summed E-state index contributed by atoms with van der Waals surface area (Å²) in [5, 5.41) is 5.89. The minimum Gasteiger partial charge on any atom is -0.490 e. The largest absolute Gasteiger partial charge is 0.490 e. The summed E-state index contributed by atoms with van der Waals surface area (Å²) in [6, 6.07) is 11.1. The van der Waals surface area contributed by atoms with Gasteiger partial charge in [0.25, 0.3) is 0 Å². The highest BCUT2D eigenvalue weighted by atomic mass is 35.5. The third kappa shape index (κ3) is 8.03. The fourth-order valence-corrected chi connectivity index (χ4v) is 2.26. The molecule has 27 heavy (non-hydrogen) atoms.